The second kappa shape index (κ2) is 7.78. The van der Waals surface area contributed by atoms with Crippen LogP contribution in [0.3, 0.4) is 0 Å². The largest absolute Gasteiger partial charge is 0.326 e. The van der Waals surface area contributed by atoms with E-state index in [1.54, 1.807) is 11.0 Å². The molecule has 1 aromatic heterocycles. The Morgan fingerprint density at radius 3 is 2.75 bits per heavy atom. The Morgan fingerprint density at radius 1 is 1.21 bits per heavy atom. The van der Waals surface area contributed by atoms with Crippen molar-refractivity contribution in [1.82, 2.24) is 4.98 Å². The number of nitrogens with zero attached hydrogens (tertiary/aromatic N) is 2. The highest BCUT2D eigenvalue weighted by molar-refractivity contribution is 7.14. The van der Waals surface area contributed by atoms with Crippen molar-refractivity contribution in [3.05, 3.63) is 78.2 Å². The van der Waals surface area contributed by atoms with E-state index < -0.39 is 5.92 Å². The second-order valence-corrected chi connectivity index (χ2v) is 7.35. The van der Waals surface area contributed by atoms with Gasteiger partial charge >= 0.3 is 0 Å². The Balaban J connectivity index is 1.67. The first kappa shape index (κ1) is 18.1. The number of aromatic nitrogens is 1. The van der Waals surface area contributed by atoms with Crippen LogP contribution >= 0.6 is 11.3 Å². The van der Waals surface area contributed by atoms with Crippen molar-refractivity contribution in [2.45, 2.75) is 12.3 Å². The summed E-state index contributed by atoms with van der Waals surface area (Å²) in [5, 5.41) is 5.38. The van der Waals surface area contributed by atoms with Crippen LogP contribution in [-0.2, 0) is 9.59 Å². The number of rotatable bonds is 5. The van der Waals surface area contributed by atoms with Gasteiger partial charge in [-0.25, -0.2) is 4.98 Å². The lowest BCUT2D eigenvalue weighted by Crippen LogP contribution is -2.38. The molecular formula is C22H19N3O2S. The van der Waals surface area contributed by atoms with Crippen LogP contribution in [0.5, 0.6) is 0 Å². The van der Waals surface area contributed by atoms with Crippen molar-refractivity contribution in [1.29, 1.82) is 0 Å². The Morgan fingerprint density at radius 2 is 1.96 bits per heavy atom. The number of nitrogens with one attached hydrogen (secondary N) is 1. The van der Waals surface area contributed by atoms with Crippen LogP contribution in [0.1, 0.15) is 17.9 Å². The first-order valence-electron chi connectivity index (χ1n) is 8.99. The van der Waals surface area contributed by atoms with Crippen molar-refractivity contribution in [2.24, 2.45) is 0 Å². The average molecular weight is 389 g/mol. The van der Waals surface area contributed by atoms with Gasteiger partial charge in [0.2, 0.25) is 11.8 Å². The Labute approximate surface area is 167 Å². The molecule has 2 aromatic carbocycles. The number of hydrogen-bond donors (Lipinski definition) is 1. The summed E-state index contributed by atoms with van der Waals surface area (Å²) in [6.45, 7) is 4.12. The van der Waals surface area contributed by atoms with Crippen LogP contribution in [0.25, 0.3) is 11.3 Å². The molecule has 1 aliphatic rings. The predicted molar refractivity (Wildman–Crippen MR) is 113 cm³/mol. The molecule has 1 atom stereocenters. The summed E-state index contributed by atoms with van der Waals surface area (Å²) < 4.78 is 0. The molecule has 2 heterocycles. The lowest BCUT2D eigenvalue weighted by Gasteiger charge is -2.28. The minimum Gasteiger partial charge on any atom is -0.326 e. The molecule has 1 N–H and O–H groups in total. The number of anilines is 2. The third-order valence-electron chi connectivity index (χ3n) is 4.67. The number of carbonyl (C=O) groups is 2. The zero-order valence-corrected chi connectivity index (χ0v) is 16.0. The zero-order valence-electron chi connectivity index (χ0n) is 15.2. The number of thiazole rings is 1. The van der Waals surface area contributed by atoms with Gasteiger partial charge < -0.3 is 5.32 Å². The summed E-state index contributed by atoms with van der Waals surface area (Å²) in [6.07, 6.45) is 1.80. The van der Waals surface area contributed by atoms with E-state index in [0.29, 0.717) is 17.4 Å². The predicted octanol–water partition coefficient (Wildman–Crippen LogP) is 4.46. The third-order valence-corrected chi connectivity index (χ3v) is 5.53. The fourth-order valence-electron chi connectivity index (χ4n) is 3.34. The maximum atomic E-state index is 13.4. The van der Waals surface area contributed by atoms with Gasteiger partial charge in [0.05, 0.1) is 11.6 Å². The number of fused-ring (bicyclic) bond motifs is 1. The molecule has 0 saturated heterocycles. The van der Waals surface area contributed by atoms with Crippen LogP contribution in [0.4, 0.5) is 10.8 Å². The Bertz CT molecular complexity index is 1030. The van der Waals surface area contributed by atoms with E-state index in [1.165, 1.54) is 11.3 Å². The molecule has 0 spiro atoms. The number of benzene rings is 2. The van der Waals surface area contributed by atoms with E-state index in [1.807, 2.05) is 60.0 Å². The number of hydrogen-bond acceptors (Lipinski definition) is 4. The van der Waals surface area contributed by atoms with Crippen LogP contribution < -0.4 is 10.2 Å². The van der Waals surface area contributed by atoms with E-state index >= 15 is 0 Å². The molecule has 1 aliphatic heterocycles. The fourth-order valence-corrected chi connectivity index (χ4v) is 4.19. The van der Waals surface area contributed by atoms with Gasteiger partial charge in [-0.1, -0.05) is 54.6 Å². The fraction of sp³-hybridized carbons (Fsp3) is 0.136. The zero-order chi connectivity index (χ0) is 19.5. The van der Waals surface area contributed by atoms with E-state index in [0.717, 1.165) is 16.8 Å². The summed E-state index contributed by atoms with van der Waals surface area (Å²) >= 11 is 1.41. The molecule has 1 unspecified atom stereocenters. The van der Waals surface area contributed by atoms with E-state index in [9.17, 15) is 9.59 Å². The van der Waals surface area contributed by atoms with Crippen molar-refractivity contribution >= 4 is 34.0 Å². The Hall–Kier alpha value is -3.25. The van der Waals surface area contributed by atoms with E-state index in [4.69, 9.17) is 0 Å². The van der Waals surface area contributed by atoms with Crippen LogP contribution in [0.15, 0.2) is 72.6 Å². The average Bonchev–Trinajstić information content (AvgIpc) is 3.21. The maximum Gasteiger partial charge on any atom is 0.237 e. The van der Waals surface area contributed by atoms with Crippen molar-refractivity contribution in [2.75, 3.05) is 16.8 Å². The number of amides is 2. The summed E-state index contributed by atoms with van der Waals surface area (Å²) in [5.41, 5.74) is 3.35. The quantitative estimate of drug-likeness (QED) is 0.656. The minimum atomic E-state index is -0.533. The van der Waals surface area contributed by atoms with Gasteiger partial charge in [0.1, 0.15) is 0 Å². The molecule has 3 aromatic rings. The lowest BCUT2D eigenvalue weighted by atomic mass is 9.89. The van der Waals surface area contributed by atoms with Gasteiger partial charge in [-0.3, -0.25) is 14.5 Å². The SMILES string of the molecule is C=CCN(C(=O)C1CC(=O)Nc2ccccc21)c1nc(-c2ccccc2)cs1. The smallest absolute Gasteiger partial charge is 0.237 e. The summed E-state index contributed by atoms with van der Waals surface area (Å²) in [4.78, 5) is 31.8. The molecule has 4 rings (SSSR count). The van der Waals surface area contributed by atoms with Crippen LogP contribution in [-0.4, -0.2) is 23.3 Å². The van der Waals surface area contributed by atoms with Gasteiger partial charge in [0, 0.05) is 29.6 Å². The molecule has 6 heteroatoms. The maximum absolute atomic E-state index is 13.4. The molecule has 0 bridgehead atoms. The van der Waals surface area contributed by atoms with Gasteiger partial charge in [-0.15, -0.1) is 17.9 Å². The minimum absolute atomic E-state index is 0.125. The number of para-hydroxylation sites is 1. The normalized spacial score (nSPS) is 15.4. The second-order valence-electron chi connectivity index (χ2n) is 6.51. The van der Waals surface area contributed by atoms with Crippen LogP contribution in [0.2, 0.25) is 0 Å². The van der Waals surface area contributed by atoms with E-state index in [-0.39, 0.29) is 18.2 Å². The standard InChI is InChI=1S/C22H19N3O2S/c1-2-12-25(22-24-19(14-28-22)15-8-4-3-5-9-15)21(27)17-13-20(26)23-18-11-7-6-10-16(17)18/h2-11,14,17H,1,12-13H2,(H,23,26). The topological polar surface area (TPSA) is 62.3 Å². The highest BCUT2D eigenvalue weighted by atomic mass is 32.1. The van der Waals surface area contributed by atoms with Crippen molar-refractivity contribution < 1.29 is 9.59 Å². The lowest BCUT2D eigenvalue weighted by molar-refractivity contribution is -0.124. The summed E-state index contributed by atoms with van der Waals surface area (Å²) in [7, 11) is 0. The molecule has 2 amide bonds. The van der Waals surface area contributed by atoms with Gasteiger partial charge in [0.15, 0.2) is 5.13 Å². The molecule has 28 heavy (non-hydrogen) atoms. The van der Waals surface area contributed by atoms with Gasteiger partial charge in [-0.05, 0) is 11.6 Å². The number of carbonyl (C=O) groups excluding carboxylic acids is 2. The molecule has 0 saturated carbocycles. The Kier molecular flexibility index (Phi) is 5.04. The third kappa shape index (κ3) is 3.46. The molecule has 140 valence electrons. The van der Waals surface area contributed by atoms with Crippen molar-refractivity contribution in [3.63, 3.8) is 0 Å². The van der Waals surface area contributed by atoms with Gasteiger partial charge in [-0.2, -0.15) is 0 Å². The monoisotopic (exact) mass is 389 g/mol. The molecule has 0 fully saturated rings. The highest BCUT2D eigenvalue weighted by Crippen LogP contribution is 2.35. The highest BCUT2D eigenvalue weighted by Gasteiger charge is 2.34. The molecule has 0 aliphatic carbocycles. The van der Waals surface area contributed by atoms with E-state index in [2.05, 4.69) is 16.9 Å². The van der Waals surface area contributed by atoms with Crippen molar-refractivity contribution in [3.8, 4) is 11.3 Å². The molecular weight excluding hydrogens is 370 g/mol. The van der Waals surface area contributed by atoms with Crippen LogP contribution in [0, 0.1) is 0 Å². The van der Waals surface area contributed by atoms with Gasteiger partial charge in [0.25, 0.3) is 0 Å². The molecule has 5 nitrogen and oxygen atoms in total. The first-order chi connectivity index (χ1) is 13.7. The first-order valence-corrected chi connectivity index (χ1v) is 9.87. The summed E-state index contributed by atoms with van der Waals surface area (Å²) in [6, 6.07) is 17.3. The molecule has 0 radical (unpaired) electrons. The summed E-state index contributed by atoms with van der Waals surface area (Å²) in [5.74, 6) is -0.829.